The molecule has 0 heterocycles. The first-order valence-electron chi connectivity index (χ1n) is 8.70. The Labute approximate surface area is 127 Å². The number of nitrogens with zero attached hydrogens (tertiary/aromatic N) is 2. The molecule has 0 amide bonds. The Bertz CT molecular complexity index is 240. The third-order valence-corrected chi connectivity index (χ3v) is 4.55. The van der Waals surface area contributed by atoms with Crippen molar-refractivity contribution in [2.45, 2.75) is 65.0 Å². The van der Waals surface area contributed by atoms with E-state index in [9.17, 15) is 0 Å². The standard InChI is InChI=1S/C17H37N3/c1-6-10-18-16-9-8-15(3)14-17(16)20(11-7-2)13-12-19(4)5/h15-18H,6-14H2,1-5H3. The predicted octanol–water partition coefficient (Wildman–Crippen LogP) is 2.82. The zero-order valence-electron chi connectivity index (χ0n) is 14.5. The van der Waals surface area contributed by atoms with Gasteiger partial charge in [0.1, 0.15) is 0 Å². The average molecular weight is 284 g/mol. The monoisotopic (exact) mass is 283 g/mol. The van der Waals surface area contributed by atoms with Crippen molar-refractivity contribution in [3.05, 3.63) is 0 Å². The highest BCUT2D eigenvalue weighted by molar-refractivity contribution is 4.90. The van der Waals surface area contributed by atoms with Gasteiger partial charge in [-0.2, -0.15) is 0 Å². The molecule has 3 heteroatoms. The molecule has 1 rings (SSSR count). The smallest absolute Gasteiger partial charge is 0.0252 e. The van der Waals surface area contributed by atoms with Crippen molar-refractivity contribution in [2.24, 2.45) is 5.92 Å². The molecule has 1 fully saturated rings. The highest BCUT2D eigenvalue weighted by atomic mass is 15.2. The van der Waals surface area contributed by atoms with Gasteiger partial charge in [0.2, 0.25) is 0 Å². The van der Waals surface area contributed by atoms with Crippen molar-refractivity contribution in [1.82, 2.24) is 15.1 Å². The Morgan fingerprint density at radius 1 is 1.00 bits per heavy atom. The quantitative estimate of drug-likeness (QED) is 0.702. The maximum Gasteiger partial charge on any atom is 0.0252 e. The van der Waals surface area contributed by atoms with Gasteiger partial charge in [0.25, 0.3) is 0 Å². The molecule has 20 heavy (non-hydrogen) atoms. The van der Waals surface area contributed by atoms with E-state index in [0.29, 0.717) is 6.04 Å². The molecule has 0 bridgehead atoms. The van der Waals surface area contributed by atoms with Gasteiger partial charge in [-0.3, -0.25) is 4.90 Å². The topological polar surface area (TPSA) is 18.5 Å². The van der Waals surface area contributed by atoms with E-state index in [0.717, 1.165) is 12.0 Å². The van der Waals surface area contributed by atoms with Crippen LogP contribution >= 0.6 is 0 Å². The first-order valence-corrected chi connectivity index (χ1v) is 8.70. The highest BCUT2D eigenvalue weighted by Gasteiger charge is 2.32. The summed E-state index contributed by atoms with van der Waals surface area (Å²) in [6.07, 6.45) is 6.62. The molecule has 0 spiro atoms. The van der Waals surface area contributed by atoms with Crippen molar-refractivity contribution < 1.29 is 0 Å². The lowest BCUT2D eigenvalue weighted by molar-refractivity contribution is 0.0939. The van der Waals surface area contributed by atoms with Crippen LogP contribution in [-0.4, -0.2) is 62.2 Å². The number of nitrogens with one attached hydrogen (secondary N) is 1. The Hall–Kier alpha value is -0.120. The molecule has 1 N–H and O–H groups in total. The van der Waals surface area contributed by atoms with Crippen LogP contribution < -0.4 is 5.32 Å². The van der Waals surface area contributed by atoms with Crippen LogP contribution in [0.1, 0.15) is 52.9 Å². The summed E-state index contributed by atoms with van der Waals surface area (Å²) >= 11 is 0. The van der Waals surface area contributed by atoms with Crippen molar-refractivity contribution in [3.63, 3.8) is 0 Å². The first-order chi connectivity index (χ1) is 9.58. The summed E-state index contributed by atoms with van der Waals surface area (Å²) in [5, 5.41) is 3.81. The summed E-state index contributed by atoms with van der Waals surface area (Å²) in [5.74, 6) is 0.887. The van der Waals surface area contributed by atoms with Crippen LogP contribution in [0.2, 0.25) is 0 Å². The second kappa shape index (κ2) is 9.75. The molecular weight excluding hydrogens is 246 g/mol. The van der Waals surface area contributed by atoms with Gasteiger partial charge in [0.05, 0.1) is 0 Å². The summed E-state index contributed by atoms with van der Waals surface area (Å²) in [4.78, 5) is 5.06. The predicted molar refractivity (Wildman–Crippen MR) is 89.3 cm³/mol. The molecular formula is C17H37N3. The minimum atomic E-state index is 0.708. The normalized spacial score (nSPS) is 27.4. The molecule has 1 saturated carbocycles. The van der Waals surface area contributed by atoms with Gasteiger partial charge in [0, 0.05) is 25.2 Å². The zero-order valence-corrected chi connectivity index (χ0v) is 14.5. The summed E-state index contributed by atoms with van der Waals surface area (Å²) in [6, 6.07) is 1.45. The van der Waals surface area contributed by atoms with E-state index in [-0.39, 0.29) is 0 Å². The molecule has 3 atom stereocenters. The van der Waals surface area contributed by atoms with Gasteiger partial charge in [-0.25, -0.2) is 0 Å². The fraction of sp³-hybridized carbons (Fsp3) is 1.00. The lowest BCUT2D eigenvalue weighted by Crippen LogP contribution is -2.54. The van der Waals surface area contributed by atoms with E-state index in [1.54, 1.807) is 0 Å². The minimum Gasteiger partial charge on any atom is -0.312 e. The summed E-state index contributed by atoms with van der Waals surface area (Å²) in [6.45, 7) is 11.8. The second-order valence-corrected chi connectivity index (χ2v) is 6.89. The first kappa shape index (κ1) is 17.9. The number of hydrogen-bond acceptors (Lipinski definition) is 3. The lowest BCUT2D eigenvalue weighted by atomic mass is 9.82. The van der Waals surface area contributed by atoms with Crippen molar-refractivity contribution in [1.29, 1.82) is 0 Å². The third-order valence-electron chi connectivity index (χ3n) is 4.55. The lowest BCUT2D eigenvalue weighted by Gasteiger charge is -2.43. The van der Waals surface area contributed by atoms with E-state index in [1.807, 2.05) is 0 Å². The summed E-state index contributed by atoms with van der Waals surface area (Å²) in [7, 11) is 4.36. The maximum absolute atomic E-state index is 3.81. The Morgan fingerprint density at radius 2 is 1.75 bits per heavy atom. The van der Waals surface area contributed by atoms with Gasteiger partial charge in [0.15, 0.2) is 0 Å². The summed E-state index contributed by atoms with van der Waals surface area (Å²) in [5.41, 5.74) is 0. The van der Waals surface area contributed by atoms with E-state index in [2.05, 4.69) is 50.0 Å². The van der Waals surface area contributed by atoms with Gasteiger partial charge < -0.3 is 10.2 Å². The third kappa shape index (κ3) is 6.11. The molecule has 3 unspecified atom stereocenters. The second-order valence-electron chi connectivity index (χ2n) is 6.89. The number of rotatable bonds is 9. The molecule has 3 nitrogen and oxygen atoms in total. The molecule has 0 aromatic heterocycles. The van der Waals surface area contributed by atoms with Crippen molar-refractivity contribution in [3.8, 4) is 0 Å². The zero-order chi connectivity index (χ0) is 15.0. The molecule has 0 aromatic carbocycles. The van der Waals surface area contributed by atoms with Crippen molar-refractivity contribution >= 4 is 0 Å². The Kier molecular flexibility index (Phi) is 8.74. The van der Waals surface area contributed by atoms with Crippen LogP contribution in [0.15, 0.2) is 0 Å². The van der Waals surface area contributed by atoms with Gasteiger partial charge in [-0.15, -0.1) is 0 Å². The average Bonchev–Trinajstić information content (AvgIpc) is 2.42. The Balaban J connectivity index is 2.64. The van der Waals surface area contributed by atoms with Crippen LogP contribution in [-0.2, 0) is 0 Å². The maximum atomic E-state index is 3.81. The van der Waals surface area contributed by atoms with E-state index < -0.39 is 0 Å². The van der Waals surface area contributed by atoms with Crippen LogP contribution in [0.5, 0.6) is 0 Å². The van der Waals surface area contributed by atoms with Crippen molar-refractivity contribution in [2.75, 3.05) is 40.3 Å². The fourth-order valence-corrected chi connectivity index (χ4v) is 3.38. The molecule has 1 aliphatic rings. The molecule has 120 valence electrons. The largest absolute Gasteiger partial charge is 0.312 e. The highest BCUT2D eigenvalue weighted by Crippen LogP contribution is 2.28. The van der Waals surface area contributed by atoms with Crippen LogP contribution in [0, 0.1) is 5.92 Å². The van der Waals surface area contributed by atoms with Crippen LogP contribution in [0.3, 0.4) is 0 Å². The minimum absolute atomic E-state index is 0.708. The van der Waals surface area contributed by atoms with Gasteiger partial charge in [-0.05, 0) is 65.2 Å². The van der Waals surface area contributed by atoms with Gasteiger partial charge in [-0.1, -0.05) is 20.8 Å². The Morgan fingerprint density at radius 3 is 2.35 bits per heavy atom. The molecule has 1 aliphatic carbocycles. The van der Waals surface area contributed by atoms with Crippen LogP contribution in [0.4, 0.5) is 0 Å². The van der Waals surface area contributed by atoms with E-state index >= 15 is 0 Å². The van der Waals surface area contributed by atoms with Crippen LogP contribution in [0.25, 0.3) is 0 Å². The molecule has 0 aliphatic heterocycles. The van der Waals surface area contributed by atoms with E-state index in [1.165, 1.54) is 58.3 Å². The fourth-order valence-electron chi connectivity index (χ4n) is 3.38. The van der Waals surface area contributed by atoms with Gasteiger partial charge >= 0.3 is 0 Å². The number of hydrogen-bond donors (Lipinski definition) is 1. The molecule has 0 radical (unpaired) electrons. The molecule has 0 aromatic rings. The molecule has 0 saturated heterocycles. The number of likely N-dealkylation sites (N-methyl/N-ethyl adjacent to an activating group) is 1. The summed E-state index contributed by atoms with van der Waals surface area (Å²) < 4.78 is 0. The SMILES string of the molecule is CCCNC1CCC(C)CC1N(CCC)CCN(C)C. The van der Waals surface area contributed by atoms with E-state index in [4.69, 9.17) is 0 Å².